The highest BCUT2D eigenvalue weighted by Crippen LogP contribution is 2.26. The average molecular weight is 379 g/mol. The van der Waals surface area contributed by atoms with Crippen LogP contribution in [-0.4, -0.2) is 27.4 Å². The summed E-state index contributed by atoms with van der Waals surface area (Å²) in [7, 11) is 3.06. The first kappa shape index (κ1) is 24.9. The Kier molecular flexibility index (Phi) is 12.1. The van der Waals surface area contributed by atoms with Crippen LogP contribution in [0.4, 0.5) is 4.39 Å². The molecule has 3 nitrogen and oxygen atoms in total. The van der Waals surface area contributed by atoms with E-state index in [9.17, 15) is 4.39 Å². The van der Waals surface area contributed by atoms with Crippen molar-refractivity contribution in [1.82, 2.24) is 0 Å². The third-order valence-corrected chi connectivity index (χ3v) is 4.17. The van der Waals surface area contributed by atoms with Crippen LogP contribution in [0.25, 0.3) is 0 Å². The summed E-state index contributed by atoms with van der Waals surface area (Å²) >= 11 is 0. The van der Waals surface area contributed by atoms with Crippen molar-refractivity contribution >= 4 is 0 Å². The molecule has 0 fully saturated rings. The summed E-state index contributed by atoms with van der Waals surface area (Å²) < 4.78 is 30.2. The van der Waals surface area contributed by atoms with Gasteiger partial charge in [0.15, 0.2) is 11.5 Å². The first-order chi connectivity index (χ1) is 12.6. The molecule has 0 aromatic heterocycles. The fraction of sp³-hybridized carbons (Fsp3) is 0.478. The minimum atomic E-state index is -0.461. The maximum absolute atomic E-state index is 14.6. The van der Waals surface area contributed by atoms with E-state index in [4.69, 9.17) is 14.2 Å². The molecule has 0 aromatic carbocycles. The second-order valence-electron chi connectivity index (χ2n) is 6.92. The number of allylic oxidation sites excluding steroid dienone is 6. The van der Waals surface area contributed by atoms with Crippen LogP contribution in [-0.2, 0) is 14.2 Å². The van der Waals surface area contributed by atoms with Gasteiger partial charge in [-0.25, -0.2) is 4.39 Å². The third-order valence-electron chi connectivity index (χ3n) is 4.17. The molecule has 0 bridgehead atoms. The topological polar surface area (TPSA) is 27.7 Å². The summed E-state index contributed by atoms with van der Waals surface area (Å²) in [6.45, 7) is 22.5. The van der Waals surface area contributed by atoms with Crippen LogP contribution in [0.15, 0.2) is 72.5 Å². The Labute approximate surface area is 164 Å². The van der Waals surface area contributed by atoms with Crippen molar-refractivity contribution in [1.29, 1.82) is 0 Å². The van der Waals surface area contributed by atoms with Crippen molar-refractivity contribution in [3.8, 4) is 0 Å². The molecule has 0 saturated heterocycles. The molecule has 0 amide bonds. The minimum Gasteiger partial charge on any atom is -0.493 e. The smallest absolute Gasteiger partial charge is 0.161 e. The monoisotopic (exact) mass is 378 g/mol. The van der Waals surface area contributed by atoms with Gasteiger partial charge >= 0.3 is 0 Å². The first-order valence-corrected chi connectivity index (χ1v) is 9.15. The minimum absolute atomic E-state index is 0.170. The maximum atomic E-state index is 14.6. The standard InChI is InChI=1S/C23H35FO3/c1-16(2)10-11-17(3)18(4)14-22(24)20(6)19(5)15-23(21(7)26-9)27-13-12-25-8/h14-17H,4-7,10-13H2,1-3,8-9H3/b22-14+,23-15+. The van der Waals surface area contributed by atoms with E-state index < -0.39 is 5.83 Å². The predicted octanol–water partition coefficient (Wildman–Crippen LogP) is 6.29. The molecule has 4 heteroatoms. The Morgan fingerprint density at radius 2 is 1.59 bits per heavy atom. The largest absolute Gasteiger partial charge is 0.493 e. The van der Waals surface area contributed by atoms with E-state index in [0.29, 0.717) is 36.2 Å². The number of hydrogen-bond donors (Lipinski definition) is 0. The van der Waals surface area contributed by atoms with E-state index in [1.807, 2.05) is 0 Å². The van der Waals surface area contributed by atoms with Crippen molar-refractivity contribution in [2.24, 2.45) is 11.8 Å². The van der Waals surface area contributed by atoms with E-state index >= 15 is 0 Å². The number of rotatable bonds is 14. The van der Waals surface area contributed by atoms with E-state index in [-0.39, 0.29) is 11.5 Å². The molecule has 152 valence electrons. The Morgan fingerprint density at radius 1 is 0.963 bits per heavy atom. The summed E-state index contributed by atoms with van der Waals surface area (Å²) in [5, 5.41) is 0. The van der Waals surface area contributed by atoms with Gasteiger partial charge in [-0.15, -0.1) is 0 Å². The highest BCUT2D eigenvalue weighted by atomic mass is 19.1. The van der Waals surface area contributed by atoms with Crippen LogP contribution in [0, 0.1) is 11.8 Å². The molecule has 27 heavy (non-hydrogen) atoms. The Balaban J connectivity index is 5.12. The summed E-state index contributed by atoms with van der Waals surface area (Å²) in [6, 6.07) is 0. The zero-order valence-electron chi connectivity index (χ0n) is 17.6. The van der Waals surface area contributed by atoms with Gasteiger partial charge in [-0.3, -0.25) is 0 Å². The zero-order valence-corrected chi connectivity index (χ0v) is 17.6. The lowest BCUT2D eigenvalue weighted by Crippen LogP contribution is -2.05. The number of halogens is 1. The first-order valence-electron chi connectivity index (χ1n) is 9.15. The summed E-state index contributed by atoms with van der Waals surface area (Å²) in [4.78, 5) is 0. The van der Waals surface area contributed by atoms with Crippen molar-refractivity contribution < 1.29 is 18.6 Å². The van der Waals surface area contributed by atoms with Gasteiger partial charge in [0.1, 0.15) is 12.4 Å². The second-order valence-corrected chi connectivity index (χ2v) is 6.92. The van der Waals surface area contributed by atoms with Crippen molar-refractivity contribution in [3.05, 3.63) is 72.5 Å². The van der Waals surface area contributed by atoms with E-state index in [2.05, 4.69) is 47.1 Å². The second kappa shape index (κ2) is 13.2. The number of methoxy groups -OCH3 is 2. The predicted molar refractivity (Wildman–Crippen MR) is 112 cm³/mol. The van der Waals surface area contributed by atoms with E-state index in [1.54, 1.807) is 13.2 Å². The molecule has 0 radical (unpaired) electrons. The van der Waals surface area contributed by atoms with Gasteiger partial charge in [-0.2, -0.15) is 0 Å². The number of ether oxygens (including phenoxy) is 3. The van der Waals surface area contributed by atoms with Gasteiger partial charge in [0.25, 0.3) is 0 Å². The summed E-state index contributed by atoms with van der Waals surface area (Å²) in [5.74, 6) is 1.03. The third kappa shape index (κ3) is 10.00. The zero-order chi connectivity index (χ0) is 21.0. The Bertz CT molecular complexity index is 597. The molecule has 1 unspecified atom stereocenters. The fourth-order valence-corrected chi connectivity index (χ4v) is 2.10. The molecule has 0 aliphatic heterocycles. The van der Waals surface area contributed by atoms with Gasteiger partial charge in [-0.05, 0) is 41.6 Å². The SMILES string of the molecule is C=C(/C=C(/OCCOC)C(=C)OC)C(=C)/C(F)=C\C(=C)C(C)CCC(C)C. The van der Waals surface area contributed by atoms with Crippen LogP contribution in [0.2, 0.25) is 0 Å². The van der Waals surface area contributed by atoms with Crippen LogP contribution in [0.3, 0.4) is 0 Å². The Hall–Kier alpha value is -2.07. The quantitative estimate of drug-likeness (QED) is 0.202. The molecule has 0 aromatic rings. The lowest BCUT2D eigenvalue weighted by molar-refractivity contribution is 0.102. The van der Waals surface area contributed by atoms with E-state index in [0.717, 1.165) is 18.4 Å². The average Bonchev–Trinajstić information content (AvgIpc) is 2.63. The molecule has 0 rings (SSSR count). The van der Waals surface area contributed by atoms with Crippen molar-refractivity contribution in [2.45, 2.75) is 33.6 Å². The number of hydrogen-bond acceptors (Lipinski definition) is 3. The Morgan fingerprint density at radius 3 is 2.11 bits per heavy atom. The summed E-state index contributed by atoms with van der Waals surface area (Å²) in [5.41, 5.74) is 1.28. The van der Waals surface area contributed by atoms with E-state index in [1.165, 1.54) is 13.2 Å². The van der Waals surface area contributed by atoms with Crippen LogP contribution >= 0.6 is 0 Å². The maximum Gasteiger partial charge on any atom is 0.161 e. The highest BCUT2D eigenvalue weighted by molar-refractivity contribution is 5.49. The molecule has 0 N–H and O–H groups in total. The summed E-state index contributed by atoms with van der Waals surface area (Å²) in [6.07, 6.45) is 5.04. The molecule has 0 saturated carbocycles. The lowest BCUT2D eigenvalue weighted by Gasteiger charge is -2.15. The van der Waals surface area contributed by atoms with Gasteiger partial charge < -0.3 is 14.2 Å². The van der Waals surface area contributed by atoms with Crippen LogP contribution < -0.4 is 0 Å². The highest BCUT2D eigenvalue weighted by Gasteiger charge is 2.12. The lowest BCUT2D eigenvalue weighted by atomic mass is 9.92. The van der Waals surface area contributed by atoms with Crippen LogP contribution in [0.1, 0.15) is 33.6 Å². The molecule has 0 aliphatic carbocycles. The normalized spacial score (nSPS) is 13.3. The molecule has 1 atom stereocenters. The molecule has 0 aliphatic rings. The molecule has 0 spiro atoms. The molecular formula is C23H35FO3. The van der Waals surface area contributed by atoms with Gasteiger partial charge in [-0.1, -0.05) is 53.5 Å². The van der Waals surface area contributed by atoms with Gasteiger partial charge in [0, 0.05) is 12.7 Å². The van der Waals surface area contributed by atoms with Crippen molar-refractivity contribution in [2.75, 3.05) is 27.4 Å². The molecular weight excluding hydrogens is 343 g/mol. The van der Waals surface area contributed by atoms with Gasteiger partial charge in [0.05, 0.1) is 13.7 Å². The molecule has 0 heterocycles. The van der Waals surface area contributed by atoms with Crippen molar-refractivity contribution in [3.63, 3.8) is 0 Å². The van der Waals surface area contributed by atoms with Gasteiger partial charge in [0.2, 0.25) is 0 Å². The van der Waals surface area contributed by atoms with Crippen LogP contribution in [0.5, 0.6) is 0 Å². The fourth-order valence-electron chi connectivity index (χ4n) is 2.10.